The first-order valence-corrected chi connectivity index (χ1v) is 6.34. The van der Waals surface area contributed by atoms with Gasteiger partial charge in [0.15, 0.2) is 5.51 Å². The molecular weight excluding hydrogens is 216 g/mol. The van der Waals surface area contributed by atoms with Gasteiger partial charge in [-0.3, -0.25) is 0 Å². The van der Waals surface area contributed by atoms with E-state index in [1.165, 1.54) is 16.1 Å². The van der Waals surface area contributed by atoms with Crippen LogP contribution in [0.1, 0.15) is 13.8 Å². The number of thiazole rings is 1. The Morgan fingerprint density at radius 1 is 1.19 bits per heavy atom. The van der Waals surface area contributed by atoms with Crippen molar-refractivity contribution < 1.29 is 0 Å². The Bertz CT molecular complexity index is 416. The Morgan fingerprint density at radius 2 is 1.88 bits per heavy atom. The molecule has 0 fully saturated rings. The fourth-order valence-electron chi connectivity index (χ4n) is 1.75. The summed E-state index contributed by atoms with van der Waals surface area (Å²) in [7, 11) is 0. The molecule has 3 heteroatoms. The monoisotopic (exact) mass is 231 g/mol. The van der Waals surface area contributed by atoms with Gasteiger partial charge in [-0.2, -0.15) is 0 Å². The fourth-order valence-corrected chi connectivity index (χ4v) is 2.31. The Kier molecular flexibility index (Phi) is 3.57. The summed E-state index contributed by atoms with van der Waals surface area (Å²) in [6.45, 7) is 6.44. The SMILES string of the molecule is CCN(CC)c1ccc(-c2cn[c]s2)cc1. The molecule has 2 rings (SSSR count). The Balaban J connectivity index is 2.22. The number of hydrogen-bond donors (Lipinski definition) is 0. The summed E-state index contributed by atoms with van der Waals surface area (Å²) in [6.07, 6.45) is 1.86. The summed E-state index contributed by atoms with van der Waals surface area (Å²) in [5.41, 5.74) is 5.37. The first-order valence-electron chi connectivity index (χ1n) is 5.52. The maximum absolute atomic E-state index is 3.97. The summed E-state index contributed by atoms with van der Waals surface area (Å²) in [5.74, 6) is 0. The zero-order valence-corrected chi connectivity index (χ0v) is 10.4. The van der Waals surface area contributed by atoms with Crippen LogP contribution in [0.15, 0.2) is 30.5 Å². The second-order valence-corrected chi connectivity index (χ2v) is 4.36. The molecule has 16 heavy (non-hydrogen) atoms. The molecule has 0 aliphatic heterocycles. The zero-order chi connectivity index (χ0) is 11.4. The highest BCUT2D eigenvalue weighted by atomic mass is 32.1. The number of hydrogen-bond acceptors (Lipinski definition) is 3. The largest absolute Gasteiger partial charge is 0.372 e. The van der Waals surface area contributed by atoms with E-state index in [-0.39, 0.29) is 0 Å². The van der Waals surface area contributed by atoms with E-state index >= 15 is 0 Å². The van der Waals surface area contributed by atoms with Crippen LogP contribution in [-0.2, 0) is 0 Å². The van der Waals surface area contributed by atoms with Gasteiger partial charge in [0.2, 0.25) is 0 Å². The topological polar surface area (TPSA) is 16.1 Å². The third-order valence-electron chi connectivity index (χ3n) is 2.67. The second kappa shape index (κ2) is 5.12. The molecule has 1 radical (unpaired) electrons. The summed E-state index contributed by atoms with van der Waals surface area (Å²) in [6, 6.07) is 8.63. The van der Waals surface area contributed by atoms with Gasteiger partial charge in [-0.15, -0.1) is 11.3 Å². The second-order valence-electron chi connectivity index (χ2n) is 3.53. The van der Waals surface area contributed by atoms with E-state index in [2.05, 4.69) is 53.5 Å². The molecule has 2 aromatic rings. The molecule has 0 saturated heterocycles. The van der Waals surface area contributed by atoms with Crippen molar-refractivity contribution in [2.24, 2.45) is 0 Å². The minimum atomic E-state index is 1.05. The maximum atomic E-state index is 3.97. The van der Waals surface area contributed by atoms with Gasteiger partial charge in [-0.25, -0.2) is 4.98 Å². The molecule has 1 aromatic heterocycles. The smallest absolute Gasteiger partial charge is 0.152 e. The predicted molar refractivity (Wildman–Crippen MR) is 69.9 cm³/mol. The molecule has 0 amide bonds. The van der Waals surface area contributed by atoms with Gasteiger partial charge in [0.1, 0.15) is 0 Å². The van der Waals surface area contributed by atoms with Crippen molar-refractivity contribution in [3.8, 4) is 10.4 Å². The van der Waals surface area contributed by atoms with Crippen LogP contribution in [0.3, 0.4) is 0 Å². The van der Waals surface area contributed by atoms with Crippen LogP contribution in [0.4, 0.5) is 5.69 Å². The van der Waals surface area contributed by atoms with Crippen LogP contribution < -0.4 is 4.90 Å². The van der Waals surface area contributed by atoms with Crippen LogP contribution in [0.25, 0.3) is 10.4 Å². The molecule has 1 aromatic carbocycles. The highest BCUT2D eigenvalue weighted by Crippen LogP contribution is 2.25. The summed E-state index contributed by atoms with van der Waals surface area (Å²) in [5, 5.41) is 0. The predicted octanol–water partition coefficient (Wildman–Crippen LogP) is 3.46. The molecule has 1 heterocycles. The van der Waals surface area contributed by atoms with E-state index in [9.17, 15) is 0 Å². The van der Waals surface area contributed by atoms with Gasteiger partial charge in [-0.1, -0.05) is 12.1 Å². The first-order chi connectivity index (χ1) is 7.85. The molecule has 0 aliphatic rings. The van der Waals surface area contributed by atoms with Gasteiger partial charge in [-0.05, 0) is 31.5 Å². The average molecular weight is 231 g/mol. The van der Waals surface area contributed by atoms with Crippen LogP contribution in [0.2, 0.25) is 0 Å². The summed E-state index contributed by atoms with van der Waals surface area (Å²) in [4.78, 5) is 7.48. The molecule has 0 unspecified atom stereocenters. The van der Waals surface area contributed by atoms with E-state index in [4.69, 9.17) is 0 Å². The zero-order valence-electron chi connectivity index (χ0n) is 9.60. The van der Waals surface area contributed by atoms with Crippen LogP contribution in [0.5, 0.6) is 0 Å². The highest BCUT2D eigenvalue weighted by Gasteiger charge is 2.03. The number of aromatic nitrogens is 1. The van der Waals surface area contributed by atoms with Gasteiger partial charge in [0.25, 0.3) is 0 Å². The summed E-state index contributed by atoms with van der Waals surface area (Å²) >= 11 is 1.55. The standard InChI is InChI=1S/C13H15N2S/c1-3-15(4-2)12-7-5-11(6-8-12)13-9-14-10-16-13/h5-9H,3-4H2,1-2H3. The quantitative estimate of drug-likeness (QED) is 0.801. The van der Waals surface area contributed by atoms with Gasteiger partial charge in [0.05, 0.1) is 4.88 Å². The van der Waals surface area contributed by atoms with Crippen LogP contribution in [0, 0.1) is 5.51 Å². The minimum absolute atomic E-state index is 1.05. The van der Waals surface area contributed by atoms with Crippen molar-refractivity contribution in [1.82, 2.24) is 4.98 Å². The minimum Gasteiger partial charge on any atom is -0.372 e. The van der Waals surface area contributed by atoms with Crippen molar-refractivity contribution in [2.45, 2.75) is 13.8 Å². The molecule has 0 aliphatic carbocycles. The lowest BCUT2D eigenvalue weighted by Crippen LogP contribution is -2.21. The van der Waals surface area contributed by atoms with Gasteiger partial charge in [0, 0.05) is 25.0 Å². The van der Waals surface area contributed by atoms with E-state index < -0.39 is 0 Å². The van der Waals surface area contributed by atoms with Crippen molar-refractivity contribution in [2.75, 3.05) is 18.0 Å². The van der Waals surface area contributed by atoms with E-state index in [0.29, 0.717) is 0 Å². The lowest BCUT2D eigenvalue weighted by atomic mass is 10.2. The lowest BCUT2D eigenvalue weighted by Gasteiger charge is -2.20. The number of benzene rings is 1. The highest BCUT2D eigenvalue weighted by molar-refractivity contribution is 7.12. The van der Waals surface area contributed by atoms with E-state index in [0.717, 1.165) is 13.1 Å². The normalized spacial score (nSPS) is 10.4. The Hall–Kier alpha value is -1.35. The van der Waals surface area contributed by atoms with Crippen molar-refractivity contribution in [3.63, 3.8) is 0 Å². The summed E-state index contributed by atoms with van der Waals surface area (Å²) < 4.78 is 0. The first kappa shape index (κ1) is 11.1. The van der Waals surface area contributed by atoms with Crippen LogP contribution in [-0.4, -0.2) is 18.1 Å². The number of rotatable bonds is 4. The molecule has 0 bridgehead atoms. The number of anilines is 1. The number of nitrogens with zero attached hydrogens (tertiary/aromatic N) is 2. The molecule has 0 atom stereocenters. The Labute approximate surface area is 101 Å². The lowest BCUT2D eigenvalue weighted by molar-refractivity contribution is 0.866. The van der Waals surface area contributed by atoms with E-state index in [1.807, 2.05) is 6.20 Å². The van der Waals surface area contributed by atoms with Gasteiger partial charge < -0.3 is 4.90 Å². The average Bonchev–Trinajstić information content (AvgIpc) is 2.85. The molecule has 0 N–H and O–H groups in total. The molecule has 0 saturated carbocycles. The van der Waals surface area contributed by atoms with Crippen molar-refractivity contribution >= 4 is 17.0 Å². The van der Waals surface area contributed by atoms with Crippen molar-refractivity contribution in [3.05, 3.63) is 36.0 Å². The third-order valence-corrected chi connectivity index (χ3v) is 3.43. The molecule has 83 valence electrons. The van der Waals surface area contributed by atoms with Crippen molar-refractivity contribution in [1.29, 1.82) is 0 Å². The molecule has 2 nitrogen and oxygen atoms in total. The molecule has 0 spiro atoms. The third kappa shape index (κ3) is 2.25. The van der Waals surface area contributed by atoms with Crippen LogP contribution >= 0.6 is 11.3 Å². The van der Waals surface area contributed by atoms with E-state index in [1.54, 1.807) is 11.3 Å². The molecular formula is C13H15N2S. The maximum Gasteiger partial charge on any atom is 0.152 e. The van der Waals surface area contributed by atoms with Gasteiger partial charge >= 0.3 is 0 Å². The Morgan fingerprint density at radius 3 is 2.38 bits per heavy atom. The fraction of sp³-hybridized carbons (Fsp3) is 0.308.